The molecule has 0 radical (unpaired) electrons. The van der Waals surface area contributed by atoms with E-state index in [0.717, 1.165) is 48.4 Å². The first-order chi connectivity index (χ1) is 14.7. The number of piperidine rings is 1. The fourth-order valence-corrected chi connectivity index (χ4v) is 4.98. The fourth-order valence-electron chi connectivity index (χ4n) is 3.89. The van der Waals surface area contributed by atoms with Gasteiger partial charge in [-0.3, -0.25) is 0 Å². The van der Waals surface area contributed by atoms with Crippen LogP contribution >= 0.6 is 11.3 Å². The van der Waals surface area contributed by atoms with E-state index in [1.165, 1.54) is 4.70 Å². The monoisotopic (exact) mass is 425 g/mol. The number of para-hydroxylation sites is 1. The quantitative estimate of drug-likeness (QED) is 0.634. The molecule has 1 aliphatic rings. The van der Waals surface area contributed by atoms with Gasteiger partial charge in [-0.1, -0.05) is 18.2 Å². The first-order valence-corrected chi connectivity index (χ1v) is 11.1. The van der Waals surface area contributed by atoms with Gasteiger partial charge in [-0.05, 0) is 49.1 Å². The number of benzene rings is 2. The molecule has 0 spiro atoms. The third-order valence-electron chi connectivity index (χ3n) is 5.51. The number of nitrogens with one attached hydrogen (secondary N) is 1. The van der Waals surface area contributed by atoms with Crippen LogP contribution in [0, 0.1) is 0 Å². The highest BCUT2D eigenvalue weighted by Crippen LogP contribution is 2.33. The summed E-state index contributed by atoms with van der Waals surface area (Å²) >= 11 is 1.75. The molecule has 7 heteroatoms. The highest BCUT2D eigenvalue weighted by Gasteiger charge is 2.26. The molecule has 6 nitrogen and oxygen atoms in total. The van der Waals surface area contributed by atoms with Crippen molar-refractivity contribution >= 4 is 27.6 Å². The molecule has 0 bridgehead atoms. The second-order valence-electron chi connectivity index (χ2n) is 7.48. The minimum absolute atomic E-state index is 0.00119. The maximum atomic E-state index is 12.7. The molecular formula is C23H27N3O3S. The minimum atomic E-state index is 0.00119. The van der Waals surface area contributed by atoms with E-state index in [4.69, 9.17) is 14.5 Å². The standard InChI is InChI=1S/C23H27N3O3S/c1-28-19-10-9-16(14-20(19)29-2)11-12-24-23(27)26-13-5-6-17(15-26)22-25-18-7-3-4-8-21(18)30-22/h3-4,7-10,14,17H,5-6,11-13,15H2,1-2H3,(H,24,27). The summed E-state index contributed by atoms with van der Waals surface area (Å²) in [5, 5.41) is 4.20. The first kappa shape index (κ1) is 20.5. The molecule has 1 unspecified atom stereocenters. The molecule has 2 heterocycles. The van der Waals surface area contributed by atoms with E-state index >= 15 is 0 Å². The predicted octanol–water partition coefficient (Wildman–Crippen LogP) is 4.45. The Labute approximate surface area is 180 Å². The van der Waals surface area contributed by atoms with Crippen molar-refractivity contribution < 1.29 is 14.3 Å². The molecule has 2 amide bonds. The number of nitrogens with zero attached hydrogens (tertiary/aromatic N) is 2. The van der Waals surface area contributed by atoms with Crippen LogP contribution in [0.15, 0.2) is 42.5 Å². The Kier molecular flexibility index (Phi) is 6.38. The van der Waals surface area contributed by atoms with Crippen LogP contribution in [0.2, 0.25) is 0 Å². The second-order valence-corrected chi connectivity index (χ2v) is 8.54. The largest absolute Gasteiger partial charge is 0.493 e. The van der Waals surface area contributed by atoms with Crippen molar-refractivity contribution in [1.29, 1.82) is 0 Å². The highest BCUT2D eigenvalue weighted by molar-refractivity contribution is 7.18. The Balaban J connectivity index is 1.32. The van der Waals surface area contributed by atoms with E-state index in [1.807, 2.05) is 35.2 Å². The number of ether oxygens (including phenoxy) is 2. The number of thiazole rings is 1. The van der Waals surface area contributed by atoms with Crippen LogP contribution in [0.1, 0.15) is 29.3 Å². The number of carbonyl (C=O) groups excluding carboxylic acids is 1. The van der Waals surface area contributed by atoms with E-state index in [9.17, 15) is 4.79 Å². The van der Waals surface area contributed by atoms with Gasteiger partial charge in [0.15, 0.2) is 11.5 Å². The molecule has 2 aromatic carbocycles. The van der Waals surface area contributed by atoms with Crippen molar-refractivity contribution in [2.24, 2.45) is 0 Å². The summed E-state index contributed by atoms with van der Waals surface area (Å²) in [4.78, 5) is 19.4. The van der Waals surface area contributed by atoms with E-state index in [0.29, 0.717) is 24.0 Å². The summed E-state index contributed by atoms with van der Waals surface area (Å²) in [5.41, 5.74) is 2.15. The van der Waals surface area contributed by atoms with Crippen LogP contribution in [-0.4, -0.2) is 49.8 Å². The number of amides is 2. The number of likely N-dealkylation sites (tertiary alicyclic amines) is 1. The Morgan fingerprint density at radius 2 is 2.03 bits per heavy atom. The molecule has 3 aromatic rings. The lowest BCUT2D eigenvalue weighted by Crippen LogP contribution is -2.45. The number of rotatable bonds is 6. The number of aromatic nitrogens is 1. The topological polar surface area (TPSA) is 63.7 Å². The van der Waals surface area contributed by atoms with Crippen molar-refractivity contribution in [1.82, 2.24) is 15.2 Å². The van der Waals surface area contributed by atoms with Gasteiger partial charge >= 0.3 is 6.03 Å². The molecule has 1 fully saturated rings. The van der Waals surface area contributed by atoms with Crippen LogP contribution in [0.25, 0.3) is 10.2 Å². The molecule has 30 heavy (non-hydrogen) atoms. The molecule has 1 aliphatic heterocycles. The number of urea groups is 1. The van der Waals surface area contributed by atoms with Gasteiger partial charge in [0.25, 0.3) is 0 Å². The average molecular weight is 426 g/mol. The summed E-state index contributed by atoms with van der Waals surface area (Å²) < 4.78 is 11.8. The van der Waals surface area contributed by atoms with E-state index in [2.05, 4.69) is 17.4 Å². The van der Waals surface area contributed by atoms with Gasteiger partial charge < -0.3 is 19.7 Å². The van der Waals surface area contributed by atoms with Crippen LogP contribution in [-0.2, 0) is 6.42 Å². The molecule has 0 aliphatic carbocycles. The van der Waals surface area contributed by atoms with Crippen molar-refractivity contribution in [3.63, 3.8) is 0 Å². The number of carbonyl (C=O) groups is 1. The van der Waals surface area contributed by atoms with Gasteiger partial charge in [-0.15, -0.1) is 11.3 Å². The van der Waals surface area contributed by atoms with Crippen molar-refractivity contribution in [2.45, 2.75) is 25.2 Å². The third-order valence-corrected chi connectivity index (χ3v) is 6.71. The predicted molar refractivity (Wildman–Crippen MR) is 120 cm³/mol. The normalized spacial score (nSPS) is 16.5. The van der Waals surface area contributed by atoms with Crippen LogP contribution in [0.4, 0.5) is 4.79 Å². The van der Waals surface area contributed by atoms with Gasteiger partial charge in [0.05, 0.1) is 29.4 Å². The van der Waals surface area contributed by atoms with Gasteiger partial charge in [-0.2, -0.15) is 0 Å². The van der Waals surface area contributed by atoms with Crippen molar-refractivity contribution in [3.05, 3.63) is 53.0 Å². The summed E-state index contributed by atoms with van der Waals surface area (Å²) in [6.45, 7) is 2.10. The second kappa shape index (κ2) is 9.34. The molecular weight excluding hydrogens is 398 g/mol. The zero-order valence-electron chi connectivity index (χ0n) is 17.4. The first-order valence-electron chi connectivity index (χ1n) is 10.3. The Morgan fingerprint density at radius 1 is 1.20 bits per heavy atom. The number of fused-ring (bicyclic) bond motifs is 1. The summed E-state index contributed by atoms with van der Waals surface area (Å²) in [6.07, 6.45) is 2.82. The molecule has 1 saturated heterocycles. The molecule has 4 rings (SSSR count). The maximum absolute atomic E-state index is 12.7. The van der Waals surface area contributed by atoms with Crippen molar-refractivity contribution in [2.75, 3.05) is 33.9 Å². The average Bonchev–Trinajstić information content (AvgIpc) is 3.23. The lowest BCUT2D eigenvalue weighted by atomic mass is 9.99. The number of methoxy groups -OCH3 is 2. The fraction of sp³-hybridized carbons (Fsp3) is 0.391. The Hall–Kier alpha value is -2.80. The number of hydrogen-bond acceptors (Lipinski definition) is 5. The van der Waals surface area contributed by atoms with E-state index in [1.54, 1.807) is 25.6 Å². The van der Waals surface area contributed by atoms with Gasteiger partial charge in [0.1, 0.15) is 0 Å². The van der Waals surface area contributed by atoms with Gasteiger partial charge in [-0.25, -0.2) is 9.78 Å². The maximum Gasteiger partial charge on any atom is 0.317 e. The Morgan fingerprint density at radius 3 is 2.83 bits per heavy atom. The van der Waals surface area contributed by atoms with Gasteiger partial charge in [0, 0.05) is 25.6 Å². The van der Waals surface area contributed by atoms with E-state index in [-0.39, 0.29) is 6.03 Å². The zero-order chi connectivity index (χ0) is 20.9. The zero-order valence-corrected chi connectivity index (χ0v) is 18.2. The third kappa shape index (κ3) is 4.51. The lowest BCUT2D eigenvalue weighted by molar-refractivity contribution is 0.180. The summed E-state index contributed by atoms with van der Waals surface area (Å²) in [6, 6.07) is 14.1. The highest BCUT2D eigenvalue weighted by atomic mass is 32.1. The Bertz CT molecular complexity index is 987. The summed E-state index contributed by atoms with van der Waals surface area (Å²) in [5.74, 6) is 1.73. The molecule has 0 saturated carbocycles. The smallest absolute Gasteiger partial charge is 0.317 e. The molecule has 1 aromatic heterocycles. The molecule has 1 N–H and O–H groups in total. The van der Waals surface area contributed by atoms with Crippen LogP contribution < -0.4 is 14.8 Å². The molecule has 158 valence electrons. The lowest BCUT2D eigenvalue weighted by Gasteiger charge is -2.31. The summed E-state index contributed by atoms with van der Waals surface area (Å²) in [7, 11) is 3.25. The minimum Gasteiger partial charge on any atom is -0.493 e. The SMILES string of the molecule is COc1ccc(CCNC(=O)N2CCCC(c3nc4ccccc4s3)C2)cc1OC. The molecule has 1 atom stereocenters. The van der Waals surface area contributed by atoms with Gasteiger partial charge in [0.2, 0.25) is 0 Å². The number of hydrogen-bond donors (Lipinski definition) is 1. The van der Waals surface area contributed by atoms with Crippen LogP contribution in [0.3, 0.4) is 0 Å². The van der Waals surface area contributed by atoms with Crippen molar-refractivity contribution in [3.8, 4) is 11.5 Å². The van der Waals surface area contributed by atoms with Crippen LogP contribution in [0.5, 0.6) is 11.5 Å². The van der Waals surface area contributed by atoms with E-state index < -0.39 is 0 Å².